The molecule has 44 heavy (non-hydrogen) atoms. The Morgan fingerprint density at radius 2 is 1.20 bits per heavy atom. The van der Waals surface area contributed by atoms with Gasteiger partial charge < -0.3 is 29.5 Å². The van der Waals surface area contributed by atoms with Crippen LogP contribution in [0.25, 0.3) is 32.4 Å². The van der Waals surface area contributed by atoms with Gasteiger partial charge in [0.1, 0.15) is 5.75 Å². The number of nitrogens with zero attached hydrogens (tertiary/aromatic N) is 1. The molecule has 1 aromatic heterocycles. The molecule has 6 rings (SSSR count). The lowest BCUT2D eigenvalue weighted by Crippen LogP contribution is -1.99. The van der Waals surface area contributed by atoms with Gasteiger partial charge in [0, 0.05) is 28.4 Å². The number of pyridine rings is 1. The molecule has 0 aliphatic rings. The second-order valence-corrected chi connectivity index (χ2v) is 9.32. The summed E-state index contributed by atoms with van der Waals surface area (Å²) in [6.45, 7) is 0. The average molecular weight is 600 g/mol. The third-order valence-corrected chi connectivity index (χ3v) is 6.82. The van der Waals surface area contributed by atoms with Gasteiger partial charge in [-0.1, -0.05) is 24.3 Å². The van der Waals surface area contributed by atoms with E-state index in [-0.39, 0.29) is 33.0 Å². The summed E-state index contributed by atoms with van der Waals surface area (Å²) in [7, 11) is 3.05. The summed E-state index contributed by atoms with van der Waals surface area (Å²) >= 11 is 0. The summed E-state index contributed by atoms with van der Waals surface area (Å²) in [5.74, 6) is -2.80. The van der Waals surface area contributed by atoms with Crippen molar-refractivity contribution in [1.82, 2.24) is 4.98 Å². The molecule has 11 heteroatoms. The van der Waals surface area contributed by atoms with Crippen LogP contribution in [0.15, 0.2) is 85.1 Å². The van der Waals surface area contributed by atoms with Crippen LogP contribution in [-0.4, -0.2) is 46.5 Å². The maximum Gasteiger partial charge on any atom is 0.336 e. The Balaban J connectivity index is 0.000000215. The van der Waals surface area contributed by atoms with Gasteiger partial charge in [0.25, 0.3) is 0 Å². The predicted octanol–water partition coefficient (Wildman–Crippen LogP) is 7.42. The van der Waals surface area contributed by atoms with Crippen LogP contribution >= 0.6 is 0 Å². The SMILES string of the molecule is COc1cc2nccc(Oc3ccc4c(C(=O)O)cccc4c3F)c2cc1OC.O=C(O)c1cccc2c(F)c(O)ccc12. The van der Waals surface area contributed by atoms with Crippen molar-refractivity contribution in [2.75, 3.05) is 14.2 Å². The number of phenolic OH excluding ortho intramolecular Hbond substituents is 1. The molecule has 0 fully saturated rings. The summed E-state index contributed by atoms with van der Waals surface area (Å²) in [5, 5.41) is 28.8. The van der Waals surface area contributed by atoms with Crippen LogP contribution in [0.5, 0.6) is 28.7 Å². The maximum absolute atomic E-state index is 15.1. The predicted molar refractivity (Wildman–Crippen MR) is 158 cm³/mol. The Hall–Kier alpha value is -5.97. The zero-order valence-electron chi connectivity index (χ0n) is 23.2. The Kier molecular flexibility index (Phi) is 8.12. The minimum atomic E-state index is -1.12. The number of aromatic carboxylic acids is 2. The van der Waals surface area contributed by atoms with Gasteiger partial charge in [0.05, 0.1) is 30.9 Å². The number of methoxy groups -OCH3 is 2. The summed E-state index contributed by atoms with van der Waals surface area (Å²) in [4.78, 5) is 26.5. The molecule has 6 aromatic rings. The van der Waals surface area contributed by atoms with Crippen molar-refractivity contribution in [2.45, 2.75) is 0 Å². The summed E-state index contributed by atoms with van der Waals surface area (Å²) < 4.78 is 44.9. The lowest BCUT2D eigenvalue weighted by atomic mass is 10.0. The highest BCUT2D eigenvalue weighted by atomic mass is 19.1. The zero-order valence-corrected chi connectivity index (χ0v) is 23.2. The molecule has 0 saturated carbocycles. The van der Waals surface area contributed by atoms with Crippen molar-refractivity contribution in [3.05, 3.63) is 108 Å². The van der Waals surface area contributed by atoms with Crippen LogP contribution < -0.4 is 14.2 Å². The molecule has 0 aliphatic heterocycles. The highest BCUT2D eigenvalue weighted by Crippen LogP contribution is 2.38. The first kappa shape index (κ1) is 29.5. The van der Waals surface area contributed by atoms with Gasteiger partial charge in [0.2, 0.25) is 0 Å². The number of benzene rings is 5. The Morgan fingerprint density at radius 3 is 1.80 bits per heavy atom. The fourth-order valence-electron chi connectivity index (χ4n) is 4.72. The van der Waals surface area contributed by atoms with E-state index in [1.807, 2.05) is 0 Å². The number of fused-ring (bicyclic) bond motifs is 3. The highest BCUT2D eigenvalue weighted by molar-refractivity contribution is 6.05. The standard InChI is InChI=1S/C22H16FNO5.C11H7FO3/c1-27-19-10-15-16(11-20(19)28-2)24-9-8-17(15)29-18-7-6-12-13(21(18)23)4-3-5-14(12)22(25)26;12-10-7-2-1-3-8(11(14)15)6(7)4-5-9(10)13/h3-11H,1-2H3,(H,25,26);1-5,13H,(H,14,15). The van der Waals surface area contributed by atoms with Gasteiger partial charge in [-0.25, -0.2) is 18.4 Å². The van der Waals surface area contributed by atoms with Crippen molar-refractivity contribution in [2.24, 2.45) is 0 Å². The molecule has 0 saturated heterocycles. The van der Waals surface area contributed by atoms with E-state index in [2.05, 4.69) is 4.98 Å². The second-order valence-electron chi connectivity index (χ2n) is 9.32. The molecule has 222 valence electrons. The Labute approximate surface area is 248 Å². The van der Waals surface area contributed by atoms with E-state index in [0.29, 0.717) is 33.5 Å². The molecular weight excluding hydrogens is 576 g/mol. The third-order valence-electron chi connectivity index (χ3n) is 6.82. The number of hydrogen-bond acceptors (Lipinski definition) is 7. The molecule has 0 aliphatic carbocycles. The molecular formula is C33H23F2NO8. The Morgan fingerprint density at radius 1 is 0.636 bits per heavy atom. The zero-order chi connectivity index (χ0) is 31.5. The van der Waals surface area contributed by atoms with E-state index in [9.17, 15) is 19.1 Å². The average Bonchev–Trinajstić information content (AvgIpc) is 3.03. The third kappa shape index (κ3) is 5.45. The molecule has 0 radical (unpaired) electrons. The number of carbonyl (C=O) groups is 2. The van der Waals surface area contributed by atoms with E-state index in [1.165, 1.54) is 68.8 Å². The van der Waals surface area contributed by atoms with Gasteiger partial charge >= 0.3 is 11.9 Å². The molecule has 3 N–H and O–H groups in total. The minimum absolute atomic E-state index is 0.0198. The first-order chi connectivity index (χ1) is 21.1. The Bertz CT molecular complexity index is 2080. The number of aromatic hydroxyl groups is 1. The fourth-order valence-corrected chi connectivity index (χ4v) is 4.72. The van der Waals surface area contributed by atoms with Gasteiger partial charge in [0.15, 0.2) is 34.6 Å². The fraction of sp³-hybridized carbons (Fsp3) is 0.0606. The number of ether oxygens (including phenoxy) is 3. The number of aromatic nitrogens is 1. The summed E-state index contributed by atoms with van der Waals surface area (Å²) in [5.41, 5.74) is 0.639. The van der Waals surface area contributed by atoms with E-state index in [0.717, 1.165) is 6.07 Å². The maximum atomic E-state index is 15.1. The molecule has 5 aromatic carbocycles. The number of carboxylic acids is 2. The van der Waals surface area contributed by atoms with Crippen molar-refractivity contribution in [1.29, 1.82) is 0 Å². The molecule has 0 unspecified atom stereocenters. The highest BCUT2D eigenvalue weighted by Gasteiger charge is 2.17. The van der Waals surface area contributed by atoms with Crippen molar-refractivity contribution in [3.8, 4) is 28.7 Å². The number of carboxylic acid groups (broad SMARTS) is 2. The molecule has 0 spiro atoms. The largest absolute Gasteiger partial charge is 0.505 e. The van der Waals surface area contributed by atoms with Crippen LogP contribution in [0.3, 0.4) is 0 Å². The monoisotopic (exact) mass is 599 g/mol. The molecule has 9 nitrogen and oxygen atoms in total. The van der Waals surface area contributed by atoms with Crippen LogP contribution in [0.4, 0.5) is 8.78 Å². The summed E-state index contributed by atoms with van der Waals surface area (Å²) in [6.07, 6.45) is 1.55. The number of halogens is 2. The van der Waals surface area contributed by atoms with Crippen LogP contribution in [0.2, 0.25) is 0 Å². The van der Waals surface area contributed by atoms with Gasteiger partial charge in [-0.3, -0.25) is 4.98 Å². The van der Waals surface area contributed by atoms with E-state index in [4.69, 9.17) is 24.4 Å². The first-order valence-electron chi connectivity index (χ1n) is 12.9. The lowest BCUT2D eigenvalue weighted by molar-refractivity contribution is 0.0688. The number of hydrogen-bond donors (Lipinski definition) is 3. The molecule has 0 atom stereocenters. The van der Waals surface area contributed by atoms with Gasteiger partial charge in [-0.15, -0.1) is 0 Å². The topological polar surface area (TPSA) is 135 Å². The summed E-state index contributed by atoms with van der Waals surface area (Å²) in [6, 6.07) is 19.2. The smallest absolute Gasteiger partial charge is 0.336 e. The number of rotatable bonds is 6. The van der Waals surface area contributed by atoms with E-state index in [1.54, 1.807) is 24.4 Å². The van der Waals surface area contributed by atoms with Gasteiger partial charge in [-0.05, 0) is 59.3 Å². The van der Waals surface area contributed by atoms with Crippen molar-refractivity contribution < 1.29 is 47.9 Å². The van der Waals surface area contributed by atoms with Crippen LogP contribution in [0, 0.1) is 11.6 Å². The molecule has 0 amide bonds. The minimum Gasteiger partial charge on any atom is -0.505 e. The number of phenols is 1. The normalized spacial score (nSPS) is 10.7. The second kappa shape index (κ2) is 12.1. The van der Waals surface area contributed by atoms with Crippen LogP contribution in [-0.2, 0) is 0 Å². The van der Waals surface area contributed by atoms with Crippen molar-refractivity contribution >= 4 is 44.4 Å². The molecule has 0 bridgehead atoms. The van der Waals surface area contributed by atoms with Crippen LogP contribution in [0.1, 0.15) is 20.7 Å². The quantitative estimate of drug-likeness (QED) is 0.179. The van der Waals surface area contributed by atoms with E-state index < -0.39 is 29.3 Å². The van der Waals surface area contributed by atoms with E-state index >= 15 is 4.39 Å². The molecule has 1 heterocycles. The van der Waals surface area contributed by atoms with Crippen molar-refractivity contribution in [3.63, 3.8) is 0 Å². The lowest BCUT2D eigenvalue weighted by Gasteiger charge is -2.13. The van der Waals surface area contributed by atoms with Gasteiger partial charge in [-0.2, -0.15) is 0 Å². The first-order valence-corrected chi connectivity index (χ1v) is 12.9.